The fraction of sp³-hybridized carbons (Fsp3) is 0.704. The molecular formula is C27H48O2Sn. The Hall–Kier alpha value is -0.321. The van der Waals surface area contributed by atoms with Crippen molar-refractivity contribution in [3.63, 3.8) is 0 Å². The molecule has 3 heteroatoms. The van der Waals surface area contributed by atoms with Crippen LogP contribution in [0.2, 0.25) is 13.3 Å². The molecule has 0 aromatic heterocycles. The molecule has 172 valence electrons. The summed E-state index contributed by atoms with van der Waals surface area (Å²) in [5.74, 6) is 0. The molecule has 0 fully saturated rings. The van der Waals surface area contributed by atoms with E-state index in [2.05, 4.69) is 64.1 Å². The summed E-state index contributed by atoms with van der Waals surface area (Å²) in [5, 5.41) is 22.2. The van der Waals surface area contributed by atoms with Crippen LogP contribution in [0.15, 0.2) is 40.0 Å². The summed E-state index contributed by atoms with van der Waals surface area (Å²) in [6.07, 6.45) is 12.2. The molecule has 0 aliphatic rings. The van der Waals surface area contributed by atoms with Crippen molar-refractivity contribution in [2.75, 3.05) is 0 Å². The predicted molar refractivity (Wildman–Crippen MR) is 135 cm³/mol. The van der Waals surface area contributed by atoms with Gasteiger partial charge in [-0.25, -0.2) is 0 Å². The Labute approximate surface area is 191 Å². The molecule has 0 spiro atoms. The van der Waals surface area contributed by atoms with Gasteiger partial charge in [0, 0.05) is 0 Å². The number of aliphatic hydroxyl groups is 2. The molecule has 0 saturated carbocycles. The first-order valence-electron chi connectivity index (χ1n) is 12.6. The van der Waals surface area contributed by atoms with E-state index in [1.54, 1.807) is 0 Å². The first kappa shape index (κ1) is 27.7. The molecule has 0 heterocycles. The summed E-state index contributed by atoms with van der Waals surface area (Å²) in [6.45, 7) is 8.96. The number of benzene rings is 1. The van der Waals surface area contributed by atoms with E-state index < -0.39 is 30.6 Å². The van der Waals surface area contributed by atoms with Crippen LogP contribution in [0.3, 0.4) is 0 Å². The number of rotatable bonds is 17. The number of aryl methyl sites for hydroxylation is 1. The van der Waals surface area contributed by atoms with Gasteiger partial charge >= 0.3 is 192 Å². The quantitative estimate of drug-likeness (QED) is 0.208. The molecule has 0 bridgehead atoms. The Kier molecular flexibility index (Phi) is 15.1. The van der Waals surface area contributed by atoms with E-state index >= 15 is 0 Å². The molecule has 0 saturated heterocycles. The molecule has 2 atom stereocenters. The standard InChI is InChI=1S/C15H21O2.3C4H9.Sn/c1-2-8-14(16)15(17)12-7-6-11-13-9-4-3-5-10-13;3*1-3-4-2;/h3-5,7,9-10,14-17H,2,6,8,11H2,1H3;3*1,3-4H2,2H3;/t14-,15-;;;;/m1..../s1. The van der Waals surface area contributed by atoms with E-state index in [0.717, 1.165) is 19.3 Å². The van der Waals surface area contributed by atoms with E-state index in [0.29, 0.717) is 6.42 Å². The first-order valence-corrected chi connectivity index (χ1v) is 20.1. The Morgan fingerprint density at radius 3 is 1.83 bits per heavy atom. The number of aliphatic hydroxyl groups excluding tert-OH is 2. The van der Waals surface area contributed by atoms with E-state index in [1.165, 1.54) is 61.0 Å². The maximum absolute atomic E-state index is 11.4. The fourth-order valence-electron chi connectivity index (χ4n) is 4.70. The van der Waals surface area contributed by atoms with E-state index in [1.807, 2.05) is 0 Å². The van der Waals surface area contributed by atoms with Gasteiger partial charge in [0.1, 0.15) is 0 Å². The van der Waals surface area contributed by atoms with E-state index in [-0.39, 0.29) is 0 Å². The Morgan fingerprint density at radius 1 is 0.833 bits per heavy atom. The fourth-order valence-corrected chi connectivity index (χ4v) is 22.1. The van der Waals surface area contributed by atoms with Crippen molar-refractivity contribution in [3.8, 4) is 0 Å². The summed E-state index contributed by atoms with van der Waals surface area (Å²) >= 11 is -2.78. The second-order valence-electron chi connectivity index (χ2n) is 9.08. The van der Waals surface area contributed by atoms with Gasteiger partial charge in [-0.2, -0.15) is 0 Å². The van der Waals surface area contributed by atoms with Gasteiger partial charge in [-0.1, -0.05) is 0 Å². The summed E-state index contributed by atoms with van der Waals surface area (Å²) < 4.78 is 5.34. The summed E-state index contributed by atoms with van der Waals surface area (Å²) in [5.41, 5.74) is 1.35. The minimum absolute atomic E-state index is 0.612. The molecule has 30 heavy (non-hydrogen) atoms. The van der Waals surface area contributed by atoms with E-state index in [9.17, 15) is 10.2 Å². The monoisotopic (exact) mass is 524 g/mol. The van der Waals surface area contributed by atoms with Gasteiger partial charge in [-0.15, -0.1) is 0 Å². The normalized spacial score (nSPS) is 14.7. The topological polar surface area (TPSA) is 40.5 Å². The molecule has 1 aromatic carbocycles. The van der Waals surface area contributed by atoms with Crippen LogP contribution in [0, 0.1) is 0 Å². The van der Waals surface area contributed by atoms with Crippen molar-refractivity contribution in [3.05, 3.63) is 45.6 Å². The second kappa shape index (κ2) is 16.3. The number of hydrogen-bond donors (Lipinski definition) is 2. The third-order valence-electron chi connectivity index (χ3n) is 6.55. The zero-order chi connectivity index (χ0) is 22.2. The van der Waals surface area contributed by atoms with Gasteiger partial charge in [-0.05, 0) is 0 Å². The zero-order valence-corrected chi connectivity index (χ0v) is 23.1. The average Bonchev–Trinajstić information content (AvgIpc) is 2.77. The van der Waals surface area contributed by atoms with Crippen LogP contribution in [-0.2, 0) is 6.42 Å². The van der Waals surface area contributed by atoms with Crippen LogP contribution >= 0.6 is 0 Å². The van der Waals surface area contributed by atoms with Crippen LogP contribution in [0.25, 0.3) is 0 Å². The molecule has 2 N–H and O–H groups in total. The molecule has 0 amide bonds. The molecule has 0 unspecified atom stereocenters. The summed E-state index contributed by atoms with van der Waals surface area (Å²) in [6, 6.07) is 10.7. The Bertz CT molecular complexity index is 548. The summed E-state index contributed by atoms with van der Waals surface area (Å²) in [4.78, 5) is 0. The first-order chi connectivity index (χ1) is 14.5. The van der Waals surface area contributed by atoms with E-state index in [4.69, 9.17) is 0 Å². The van der Waals surface area contributed by atoms with Crippen LogP contribution in [0.1, 0.15) is 91.0 Å². The number of unbranched alkanes of at least 4 members (excludes halogenated alkanes) is 3. The number of allylic oxidation sites excluding steroid dienone is 1. The second-order valence-corrected chi connectivity index (χ2v) is 22.3. The third kappa shape index (κ3) is 9.44. The molecule has 0 aliphatic carbocycles. The maximum atomic E-state index is 11.4. The van der Waals surface area contributed by atoms with Gasteiger partial charge in [-0.3, -0.25) is 0 Å². The molecule has 0 aliphatic heterocycles. The number of hydrogen-bond acceptors (Lipinski definition) is 2. The van der Waals surface area contributed by atoms with Crippen molar-refractivity contribution in [2.45, 2.75) is 117 Å². The van der Waals surface area contributed by atoms with Crippen LogP contribution in [0.4, 0.5) is 0 Å². The molecular weight excluding hydrogens is 475 g/mol. The van der Waals surface area contributed by atoms with Crippen LogP contribution in [0.5, 0.6) is 0 Å². The van der Waals surface area contributed by atoms with Gasteiger partial charge in [0.05, 0.1) is 0 Å². The zero-order valence-electron chi connectivity index (χ0n) is 20.2. The SMILES string of the molecule is CCC[CH2][Sn]([CH2]CCC)([CH2]CCC)/[C](=C\CCc1ccccc1)[C@@H](O)[C@H](O)CCC. The summed E-state index contributed by atoms with van der Waals surface area (Å²) in [7, 11) is 0. The van der Waals surface area contributed by atoms with Crippen molar-refractivity contribution >= 4 is 18.4 Å². The average molecular weight is 523 g/mol. The third-order valence-corrected chi connectivity index (χ3v) is 22.7. The Balaban J connectivity index is 3.26. The van der Waals surface area contributed by atoms with Gasteiger partial charge < -0.3 is 0 Å². The van der Waals surface area contributed by atoms with Crippen LogP contribution < -0.4 is 0 Å². The van der Waals surface area contributed by atoms with Crippen molar-refractivity contribution in [2.24, 2.45) is 0 Å². The van der Waals surface area contributed by atoms with Gasteiger partial charge in [0.15, 0.2) is 0 Å². The molecule has 2 nitrogen and oxygen atoms in total. The van der Waals surface area contributed by atoms with Crippen LogP contribution in [-0.4, -0.2) is 40.8 Å². The Morgan fingerprint density at radius 2 is 1.37 bits per heavy atom. The van der Waals surface area contributed by atoms with Gasteiger partial charge in [0.2, 0.25) is 0 Å². The van der Waals surface area contributed by atoms with Crippen molar-refractivity contribution in [1.29, 1.82) is 0 Å². The van der Waals surface area contributed by atoms with Gasteiger partial charge in [0.25, 0.3) is 0 Å². The molecule has 1 rings (SSSR count). The predicted octanol–water partition coefficient (Wildman–Crippen LogP) is 7.46. The molecule has 1 aromatic rings. The molecule has 0 radical (unpaired) electrons. The van der Waals surface area contributed by atoms with Crippen molar-refractivity contribution < 1.29 is 10.2 Å². The minimum atomic E-state index is -2.78. The van der Waals surface area contributed by atoms with Crippen molar-refractivity contribution in [1.82, 2.24) is 0 Å².